The lowest BCUT2D eigenvalue weighted by molar-refractivity contribution is -0.373. The summed E-state index contributed by atoms with van der Waals surface area (Å²) >= 11 is 0. The van der Waals surface area contributed by atoms with Crippen molar-refractivity contribution in [3.8, 4) is 40.2 Å². The van der Waals surface area contributed by atoms with Gasteiger partial charge < -0.3 is 227 Å². The van der Waals surface area contributed by atoms with Crippen molar-refractivity contribution in [3.63, 3.8) is 0 Å². The summed E-state index contributed by atoms with van der Waals surface area (Å²) in [6, 6.07) is -9.43. The van der Waals surface area contributed by atoms with Crippen LogP contribution >= 0.6 is 0 Å². The quantitative estimate of drug-likeness (QED) is 0.0597. The number of hydrogen-bond donors (Lipinski definition) is 30. The fourth-order valence-electron chi connectivity index (χ4n) is 19.9. The Morgan fingerprint density at radius 2 is 1.01 bits per heavy atom. The number of phenols is 2. The molecule has 16 aliphatic rings. The molecule has 52 heteroatoms. The first-order valence-corrected chi connectivity index (χ1v) is 47.6. The van der Waals surface area contributed by atoms with Gasteiger partial charge in [-0.05, 0) is 133 Å². The zero-order valence-electron chi connectivity index (χ0n) is 78.6. The zero-order valence-corrected chi connectivity index (χ0v) is 78.6. The average molecular weight is 2080 g/mol. The van der Waals surface area contributed by atoms with Crippen molar-refractivity contribution in [1.82, 2.24) is 31.9 Å². The highest BCUT2D eigenvalue weighted by atomic mass is 16.8. The molecule has 12 heterocycles. The molecule has 802 valence electrons. The number of phenolic OH excluding ortho intramolecular Hbond substituents is 2. The fourth-order valence-corrected chi connectivity index (χ4v) is 19.9. The molecule has 12 aliphatic heterocycles. The van der Waals surface area contributed by atoms with Gasteiger partial charge in [-0.3, -0.25) is 28.8 Å². The standard InChI is InChI=1S/C95H118N8O44/c1-30-28-133-57(24-44(96)66(30)111)144-80-34-6-12-41(13-7-34)137-52-21-38-20-51(81(52)145-94-79(124)82(72(117)56(143-94)29-134-91-77(122)73(118)67(112)32(3)135-91)146-95-83(75(120)70(115)54(26-105)142-95)147-93-76(121)71(116)55(27-106)141-93)136-40-10-4-33(5-11-40)68(113)64-88(129)100-61(37-17-47(110)31(2)48(19-37)138-49-18-35(8-15-46(49)109)59(97)84(125)102-64)86(127)99-62(38)87(128)98-60-36-9-14-45(108)42(16-36)58-43(63(90(131)132)101-89(130)65(80)103-85(60)126)22-39(107)23-50(58)139-92-78(123)74(119)69(114)53(25-104)140-92/h4,6,8-10,12,14-15,17-22,30,32,39,42,44,53-57,59-80,82-83,91-95,104-124H,5,7,11,13,16,23-29,96-97H2,1-3H3,(H,98,128)(H,99,127)(H,100,129)(H,101,130)(H,102,125)(H,103,126)(H,131,132)/t30?,32?,39?,42?,44?,53?,54?,55-,56?,57+,59-,60-,61+,62-,63+,64-,65+,66+,67+,68-,69-,70-,71?,72-,73?,74?,75?,76?,77?,78-,79+,80?,82?,83?,91-,92+,93-,94?,95+/m1/s1. The predicted molar refractivity (Wildman–Crippen MR) is 484 cm³/mol. The number of benzene rings is 3. The molecule has 32 N–H and O–H groups in total. The maximum absolute atomic E-state index is 17.3. The molecule has 0 spiro atoms. The molecule has 19 rings (SSSR count). The molecule has 3 aromatic carbocycles. The van der Waals surface area contributed by atoms with E-state index in [1.807, 2.05) is 0 Å². The highest BCUT2D eigenvalue weighted by molar-refractivity contribution is 6.00. The molecule has 18 unspecified atom stereocenters. The summed E-state index contributed by atoms with van der Waals surface area (Å²) in [6.07, 6.45) is -52.6. The number of carboxylic acid groups (broad SMARTS) is 1. The number of carbonyl (C=O) groups excluding carboxylic acids is 6. The van der Waals surface area contributed by atoms with Crippen LogP contribution in [0.4, 0.5) is 0 Å². The van der Waals surface area contributed by atoms with Crippen molar-refractivity contribution in [3.05, 3.63) is 158 Å². The molecular weight excluding hydrogens is 1960 g/mol. The van der Waals surface area contributed by atoms with Crippen molar-refractivity contribution in [2.24, 2.45) is 23.3 Å². The Labute approximate surface area is 833 Å². The first kappa shape index (κ1) is 107. The summed E-state index contributed by atoms with van der Waals surface area (Å²) in [5.74, 6) is -18.6. The minimum atomic E-state index is -2.55. The van der Waals surface area contributed by atoms with Gasteiger partial charge in [0.2, 0.25) is 53.8 Å². The topological polar surface area (TPSA) is 827 Å². The Bertz CT molecular complexity index is 5740. The smallest absolute Gasteiger partial charge is 0.330 e. The van der Waals surface area contributed by atoms with Gasteiger partial charge >= 0.3 is 5.97 Å². The lowest BCUT2D eigenvalue weighted by atomic mass is 9.75. The highest BCUT2D eigenvalue weighted by Gasteiger charge is 2.58. The van der Waals surface area contributed by atoms with Crippen LogP contribution < -0.4 is 62.3 Å². The minimum absolute atomic E-state index is 0.0168. The normalized spacial score (nSPS) is 39.6. The number of fused-ring (bicyclic) bond motifs is 14. The van der Waals surface area contributed by atoms with E-state index in [0.717, 1.165) is 54.6 Å². The van der Waals surface area contributed by atoms with Gasteiger partial charge in [-0.1, -0.05) is 31.2 Å². The molecule has 52 nitrogen and oxygen atoms in total. The van der Waals surface area contributed by atoms with E-state index in [1.54, 1.807) is 6.92 Å². The number of amides is 6. The van der Waals surface area contributed by atoms with Gasteiger partial charge in [-0.2, -0.15) is 0 Å². The highest BCUT2D eigenvalue weighted by Crippen LogP contribution is 2.50. The summed E-state index contributed by atoms with van der Waals surface area (Å²) in [5.41, 5.74) is 10.8. The minimum Gasteiger partial charge on any atom is -0.512 e. The van der Waals surface area contributed by atoms with Crippen LogP contribution in [0.15, 0.2) is 136 Å². The van der Waals surface area contributed by atoms with Crippen LogP contribution in [0.3, 0.4) is 0 Å². The van der Waals surface area contributed by atoms with E-state index in [9.17, 15) is 122 Å². The van der Waals surface area contributed by atoms with Gasteiger partial charge in [0.1, 0.15) is 193 Å². The van der Waals surface area contributed by atoms with Gasteiger partial charge in [-0.15, -0.1) is 0 Å². The third kappa shape index (κ3) is 21.8. The molecule has 17 bridgehead atoms. The van der Waals surface area contributed by atoms with Crippen molar-refractivity contribution in [2.75, 3.05) is 33.0 Å². The number of nitrogens with one attached hydrogen (secondary N) is 6. The molecule has 39 atom stereocenters. The zero-order chi connectivity index (χ0) is 105. The number of ether oxygens (including phenoxy) is 15. The Kier molecular flexibility index (Phi) is 32.4. The number of carboxylic acids is 1. The maximum Gasteiger partial charge on any atom is 0.330 e. The van der Waals surface area contributed by atoms with Crippen LogP contribution in [0.25, 0.3) is 0 Å². The van der Waals surface area contributed by atoms with Gasteiger partial charge in [0.15, 0.2) is 54.2 Å². The molecule has 0 radical (unpaired) electrons. The van der Waals surface area contributed by atoms with Gasteiger partial charge in [0, 0.05) is 54.7 Å². The van der Waals surface area contributed by atoms with Gasteiger partial charge in [-0.25, -0.2) is 4.79 Å². The Morgan fingerprint density at radius 1 is 0.463 bits per heavy atom. The lowest BCUT2D eigenvalue weighted by Gasteiger charge is -2.47. The predicted octanol–water partition coefficient (Wildman–Crippen LogP) is -8.46. The average Bonchev–Trinajstić information content (AvgIpc) is 1.07. The molecule has 7 fully saturated rings. The molecule has 7 saturated heterocycles. The second-order valence-corrected chi connectivity index (χ2v) is 38.4. The SMILES string of the molecule is Cc1c(O)cc2cc1Oc1cc(ccc1O)[C@@H](N)C(=O)N[C@H]1C(=O)N[C@@H]2C(=O)N[C@H]2C(=O)N[C@H]3C(=O)N[C@H](C(=O)N[C@H](C(=O)O)C4=CC(O)CC(O[C@H]5OC(CO)[C@@H](O)C(O)[C@H]5O)=C4C4CC3=CC=C4O)C(O[C@H]3CC(N)[C@@H](O)C(C)CO3)C3=CC=C(CC3)Oc3cc2cc(c3OC2OC(CO[C@@H]3OC(C)[C@H](O)C(O)C3O)[C@@H](O)C(O[C@@H]3OC(CO)[C@@H](O)C(O)C3O[C@H]3O[C@H](CO)C(O)C3O)[C@@H]2O)OC2=CC=C(CC2)[C@H]1O. The van der Waals surface area contributed by atoms with Gasteiger partial charge in [0.25, 0.3) is 0 Å². The number of carbonyl (C=O) groups is 7. The molecule has 0 saturated carbocycles. The van der Waals surface area contributed by atoms with Crippen LogP contribution in [-0.4, -0.2) is 395 Å². The molecule has 147 heavy (non-hydrogen) atoms. The second kappa shape index (κ2) is 44.3. The maximum atomic E-state index is 17.3. The van der Waals surface area contributed by atoms with Crippen LogP contribution in [0.5, 0.6) is 40.2 Å². The third-order valence-electron chi connectivity index (χ3n) is 28.5. The third-order valence-corrected chi connectivity index (χ3v) is 28.5. The summed E-state index contributed by atoms with van der Waals surface area (Å²) < 4.78 is 94.6. The van der Waals surface area contributed by atoms with E-state index in [-0.39, 0.29) is 77.4 Å². The summed E-state index contributed by atoms with van der Waals surface area (Å²) in [4.78, 5) is 112. The molecule has 6 amide bonds. The van der Waals surface area contributed by atoms with E-state index in [1.165, 1.54) is 44.2 Å². The number of allylic oxidation sites excluding steroid dienone is 9. The Balaban J connectivity index is 0.881. The Morgan fingerprint density at radius 3 is 1.66 bits per heavy atom. The van der Waals surface area contributed by atoms with Crippen LogP contribution in [0.1, 0.15) is 99.2 Å². The largest absolute Gasteiger partial charge is 0.512 e. The monoisotopic (exact) mass is 2070 g/mol. The number of aliphatic hydroxyl groups excluding tert-OH is 19. The summed E-state index contributed by atoms with van der Waals surface area (Å²) in [5, 5.41) is 269. The summed E-state index contributed by atoms with van der Waals surface area (Å²) in [7, 11) is 0. The molecular formula is C95H118N8O44. The molecule has 4 aliphatic carbocycles. The van der Waals surface area contributed by atoms with Crippen LogP contribution in [0, 0.1) is 18.8 Å². The van der Waals surface area contributed by atoms with Crippen LogP contribution in [0.2, 0.25) is 0 Å². The van der Waals surface area contributed by atoms with Crippen molar-refractivity contribution >= 4 is 41.4 Å². The molecule has 0 aromatic heterocycles. The number of hydrogen-bond acceptors (Lipinski definition) is 45. The van der Waals surface area contributed by atoms with E-state index in [2.05, 4.69) is 31.9 Å². The van der Waals surface area contributed by atoms with E-state index < -0.39 is 394 Å². The number of rotatable bonds is 17. The molecule has 3 aromatic rings. The Hall–Kier alpha value is -10.9. The van der Waals surface area contributed by atoms with Crippen molar-refractivity contribution < 1.29 is 217 Å². The van der Waals surface area contributed by atoms with Gasteiger partial charge in [0.05, 0.1) is 51.3 Å². The van der Waals surface area contributed by atoms with Crippen molar-refractivity contribution in [2.45, 2.75) is 292 Å². The number of aliphatic hydroxyl groups is 19. The lowest BCUT2D eigenvalue weighted by Crippen LogP contribution is -2.66. The van der Waals surface area contributed by atoms with Crippen LogP contribution in [-0.2, 0) is 85.7 Å². The number of aromatic hydroxyl groups is 2. The van der Waals surface area contributed by atoms with Crippen molar-refractivity contribution in [1.29, 1.82) is 0 Å². The fraction of sp³-hybridized carbons (Fsp3) is 0.568. The first-order chi connectivity index (χ1) is 70.0. The van der Waals surface area contributed by atoms with E-state index in [0.29, 0.717) is 0 Å². The number of nitrogens with two attached hydrogens (primary N) is 2. The number of aliphatic carboxylic acids is 1. The summed E-state index contributed by atoms with van der Waals surface area (Å²) in [6.45, 7) is -0.0664. The van der Waals surface area contributed by atoms with E-state index in [4.69, 9.17) is 82.5 Å². The first-order valence-electron chi connectivity index (χ1n) is 47.6. The second-order valence-electron chi connectivity index (χ2n) is 38.4. The van der Waals surface area contributed by atoms with E-state index >= 15 is 24.0 Å².